The van der Waals surface area contributed by atoms with Gasteiger partial charge in [0.15, 0.2) is 0 Å². The third kappa shape index (κ3) is 8.48. The highest BCUT2D eigenvalue weighted by atomic mass is 79.9. The van der Waals surface area contributed by atoms with Crippen LogP contribution in [0.25, 0.3) is 10.9 Å². The van der Waals surface area contributed by atoms with Crippen molar-refractivity contribution in [3.05, 3.63) is 59.4 Å². The molecule has 0 bridgehead atoms. The molecule has 1 aromatic heterocycles. The van der Waals surface area contributed by atoms with Gasteiger partial charge in [-0.25, -0.2) is 9.97 Å². The summed E-state index contributed by atoms with van der Waals surface area (Å²) >= 11 is 3.46. The Morgan fingerprint density at radius 1 is 1.10 bits per heavy atom. The van der Waals surface area contributed by atoms with Gasteiger partial charge in [-0.1, -0.05) is 28.1 Å². The van der Waals surface area contributed by atoms with Gasteiger partial charge < -0.3 is 24.8 Å². The van der Waals surface area contributed by atoms with E-state index in [2.05, 4.69) is 36.5 Å². The van der Waals surface area contributed by atoms with Gasteiger partial charge in [-0.05, 0) is 45.2 Å². The summed E-state index contributed by atoms with van der Waals surface area (Å²) in [7, 11) is 3.16. The lowest BCUT2D eigenvalue weighted by Crippen LogP contribution is -2.41. The average Bonchev–Trinajstić information content (AvgIpc) is 2.92. The smallest absolute Gasteiger partial charge is 0.323 e. The van der Waals surface area contributed by atoms with Crippen LogP contribution < -0.4 is 15.4 Å². The van der Waals surface area contributed by atoms with Gasteiger partial charge in [0.1, 0.15) is 23.9 Å². The van der Waals surface area contributed by atoms with Crippen molar-refractivity contribution >= 4 is 61.9 Å². The maximum atomic E-state index is 12.8. The van der Waals surface area contributed by atoms with E-state index >= 15 is 0 Å². The fourth-order valence-corrected chi connectivity index (χ4v) is 4.22. The molecular weight excluding hydrogens is 582 g/mol. The van der Waals surface area contributed by atoms with Crippen LogP contribution in [0, 0.1) is 0 Å². The summed E-state index contributed by atoms with van der Waals surface area (Å²) in [5.74, 6) is -0.468. The number of carbonyl (C=O) groups excluding carboxylic acids is 3. The van der Waals surface area contributed by atoms with Gasteiger partial charge in [-0.3, -0.25) is 19.3 Å². The number of rotatable bonds is 13. The largest absolute Gasteiger partial charge is 0.494 e. The normalized spacial score (nSPS) is 11.8. The predicted octanol–water partition coefficient (Wildman–Crippen LogP) is 4.46. The van der Waals surface area contributed by atoms with Crippen LogP contribution in [-0.2, 0) is 23.9 Å². The van der Waals surface area contributed by atoms with Crippen molar-refractivity contribution in [3.63, 3.8) is 0 Å². The van der Waals surface area contributed by atoms with E-state index in [4.69, 9.17) is 14.2 Å². The van der Waals surface area contributed by atoms with E-state index in [1.54, 1.807) is 44.0 Å². The summed E-state index contributed by atoms with van der Waals surface area (Å²) in [6.45, 7) is 3.99. The highest BCUT2D eigenvalue weighted by molar-refractivity contribution is 9.10. The zero-order valence-corrected chi connectivity index (χ0v) is 24.4. The molecule has 1 atom stereocenters. The van der Waals surface area contributed by atoms with Crippen LogP contribution >= 0.6 is 15.9 Å². The number of anilines is 3. The van der Waals surface area contributed by atoms with Gasteiger partial charge in [-0.15, -0.1) is 0 Å². The molecule has 2 N–H and O–H groups in total. The van der Waals surface area contributed by atoms with Crippen LogP contribution in [-0.4, -0.2) is 72.7 Å². The van der Waals surface area contributed by atoms with Crippen molar-refractivity contribution in [3.8, 4) is 5.75 Å². The molecule has 212 valence electrons. The van der Waals surface area contributed by atoms with Crippen molar-refractivity contribution < 1.29 is 28.6 Å². The summed E-state index contributed by atoms with van der Waals surface area (Å²) in [4.78, 5) is 47.5. The summed E-state index contributed by atoms with van der Waals surface area (Å²) in [6.07, 6.45) is 4.22. The lowest BCUT2D eigenvalue weighted by atomic mass is 10.1. The molecular formula is C28H32BrN5O6. The van der Waals surface area contributed by atoms with Crippen LogP contribution in [0.3, 0.4) is 0 Å². The first kappa shape index (κ1) is 30.5. The number of halogens is 1. The van der Waals surface area contributed by atoms with Crippen molar-refractivity contribution in [2.45, 2.75) is 26.3 Å². The number of nitrogens with one attached hydrogen (secondary N) is 2. The number of nitrogens with zero attached hydrogens (tertiary/aromatic N) is 3. The zero-order chi connectivity index (χ0) is 29.1. The monoisotopic (exact) mass is 613 g/mol. The van der Waals surface area contributed by atoms with E-state index in [0.29, 0.717) is 28.2 Å². The molecule has 0 spiro atoms. The third-order valence-electron chi connectivity index (χ3n) is 5.72. The topological polar surface area (TPSA) is 132 Å². The van der Waals surface area contributed by atoms with Gasteiger partial charge >= 0.3 is 11.9 Å². The second kappa shape index (κ2) is 14.9. The molecule has 0 fully saturated rings. The number of hydrogen-bond donors (Lipinski definition) is 2. The van der Waals surface area contributed by atoms with Gasteiger partial charge in [-0.2, -0.15) is 0 Å². The molecule has 0 saturated carbocycles. The second-order valence-electron chi connectivity index (χ2n) is 8.54. The molecule has 2 aromatic carbocycles. The number of hydrogen-bond acceptors (Lipinski definition) is 10. The van der Waals surface area contributed by atoms with E-state index in [0.717, 1.165) is 10.2 Å². The molecule has 0 radical (unpaired) electrons. The molecule has 1 amide bonds. The van der Waals surface area contributed by atoms with Gasteiger partial charge in [0.2, 0.25) is 5.91 Å². The van der Waals surface area contributed by atoms with Crippen LogP contribution in [0.4, 0.5) is 17.2 Å². The molecule has 1 heterocycles. The van der Waals surface area contributed by atoms with Gasteiger partial charge in [0.25, 0.3) is 0 Å². The Bertz CT molecular complexity index is 1380. The van der Waals surface area contributed by atoms with Gasteiger partial charge in [0.05, 0.1) is 37.9 Å². The molecule has 3 aromatic rings. The van der Waals surface area contributed by atoms with Gasteiger partial charge in [0, 0.05) is 34.2 Å². The second-order valence-corrected chi connectivity index (χ2v) is 9.45. The number of methoxy groups -OCH3 is 1. The maximum absolute atomic E-state index is 12.8. The number of ether oxygens (including phenoxy) is 3. The summed E-state index contributed by atoms with van der Waals surface area (Å²) in [5, 5.41) is 6.78. The minimum absolute atomic E-state index is 0.157. The highest BCUT2D eigenvalue weighted by Gasteiger charge is 2.27. The Kier molecular flexibility index (Phi) is 11.4. The molecule has 0 aliphatic heterocycles. The first-order valence-corrected chi connectivity index (χ1v) is 13.4. The summed E-state index contributed by atoms with van der Waals surface area (Å²) in [6, 6.07) is 10.3. The molecule has 1 unspecified atom stereocenters. The lowest BCUT2D eigenvalue weighted by molar-refractivity contribution is -0.155. The van der Waals surface area contributed by atoms with Crippen LogP contribution in [0.2, 0.25) is 0 Å². The number of esters is 2. The number of fused-ring (bicyclic) bond motifs is 1. The molecule has 0 aliphatic rings. The molecule has 3 rings (SSSR count). The molecule has 0 saturated heterocycles. The molecule has 11 nitrogen and oxygen atoms in total. The maximum Gasteiger partial charge on any atom is 0.323 e. The Labute approximate surface area is 241 Å². The number of aromatic nitrogens is 2. The zero-order valence-electron chi connectivity index (χ0n) is 22.8. The molecule has 0 aliphatic carbocycles. The lowest BCUT2D eigenvalue weighted by Gasteiger charge is -2.24. The van der Waals surface area contributed by atoms with Crippen molar-refractivity contribution in [2.24, 2.45) is 0 Å². The predicted molar refractivity (Wildman–Crippen MR) is 156 cm³/mol. The quantitative estimate of drug-likeness (QED) is 0.210. The standard InChI is InChI=1S/C28H32BrN5O6/c1-5-39-26(36)16-23(28(37)40-6-2)34(3)12-8-11-25(35)33-22-14-20-21(15-24(22)38-4)30-17-31-27(20)32-19-10-7-9-18(29)13-19/h7-11,13-15,17,23H,5-6,12,16H2,1-4H3,(H,33,35)(H,30,31,32)/b11-8+. The Hall–Kier alpha value is -4.03. The molecule has 40 heavy (non-hydrogen) atoms. The Morgan fingerprint density at radius 2 is 1.88 bits per heavy atom. The van der Waals surface area contributed by atoms with Crippen molar-refractivity contribution in [1.29, 1.82) is 0 Å². The minimum Gasteiger partial charge on any atom is -0.494 e. The summed E-state index contributed by atoms with van der Waals surface area (Å²) in [5.41, 5.74) is 1.88. The number of amides is 1. The van der Waals surface area contributed by atoms with E-state index in [1.807, 2.05) is 24.3 Å². The van der Waals surface area contributed by atoms with Crippen LogP contribution in [0.1, 0.15) is 20.3 Å². The number of benzene rings is 2. The Morgan fingerprint density at radius 3 is 2.58 bits per heavy atom. The van der Waals surface area contributed by atoms with Crippen molar-refractivity contribution in [1.82, 2.24) is 14.9 Å². The van der Waals surface area contributed by atoms with E-state index in [9.17, 15) is 14.4 Å². The fourth-order valence-electron chi connectivity index (χ4n) is 3.82. The SMILES string of the molecule is CCOC(=O)CC(C(=O)OCC)N(C)C/C=C/C(=O)Nc1cc2c(Nc3cccc(Br)c3)ncnc2cc1OC. The first-order valence-electron chi connectivity index (χ1n) is 12.6. The van der Waals surface area contributed by atoms with E-state index in [1.165, 1.54) is 19.5 Å². The van der Waals surface area contributed by atoms with E-state index < -0.39 is 23.9 Å². The minimum atomic E-state index is -0.844. The van der Waals surface area contributed by atoms with Crippen LogP contribution in [0.15, 0.2) is 59.4 Å². The molecule has 12 heteroatoms. The third-order valence-corrected chi connectivity index (χ3v) is 6.21. The highest BCUT2D eigenvalue weighted by Crippen LogP contribution is 2.33. The van der Waals surface area contributed by atoms with Crippen LogP contribution in [0.5, 0.6) is 5.75 Å². The number of likely N-dealkylation sites (N-methyl/N-ethyl adjacent to an activating group) is 1. The Balaban J connectivity index is 1.75. The fraction of sp³-hybridized carbons (Fsp3) is 0.321. The average molecular weight is 614 g/mol. The first-order chi connectivity index (χ1) is 19.2. The summed E-state index contributed by atoms with van der Waals surface area (Å²) < 4.78 is 16.5. The van der Waals surface area contributed by atoms with E-state index in [-0.39, 0.29) is 26.2 Å². The van der Waals surface area contributed by atoms with Crippen molar-refractivity contribution in [2.75, 3.05) is 44.5 Å². The number of carbonyl (C=O) groups is 3.